The van der Waals surface area contributed by atoms with Crippen LogP contribution in [-0.4, -0.2) is 18.4 Å². The van der Waals surface area contributed by atoms with E-state index in [0.717, 1.165) is 28.9 Å². The van der Waals surface area contributed by atoms with E-state index in [1.165, 1.54) is 0 Å². The van der Waals surface area contributed by atoms with Crippen LogP contribution in [0.2, 0.25) is 0 Å². The van der Waals surface area contributed by atoms with E-state index >= 15 is 0 Å². The fourth-order valence-electron chi connectivity index (χ4n) is 2.73. The molecule has 5 heteroatoms. The van der Waals surface area contributed by atoms with E-state index in [1.54, 1.807) is 0 Å². The van der Waals surface area contributed by atoms with Crippen LogP contribution in [0.15, 0.2) is 48.5 Å². The number of carbonyl (C=O) groups is 2. The molecule has 1 atom stereocenters. The van der Waals surface area contributed by atoms with E-state index in [9.17, 15) is 9.59 Å². The molecule has 2 rings (SSSR count). The number of rotatable bonds is 8. The van der Waals surface area contributed by atoms with Crippen molar-refractivity contribution in [3.63, 3.8) is 0 Å². The largest absolute Gasteiger partial charge is 0.376 e. The first-order valence-electron chi connectivity index (χ1n) is 9.02. The van der Waals surface area contributed by atoms with Crippen molar-refractivity contribution in [1.82, 2.24) is 5.32 Å². The van der Waals surface area contributed by atoms with Gasteiger partial charge < -0.3 is 16.0 Å². The summed E-state index contributed by atoms with van der Waals surface area (Å²) in [4.78, 5) is 23.9. The maximum atomic E-state index is 12.3. The van der Waals surface area contributed by atoms with Gasteiger partial charge in [0.25, 0.3) is 0 Å². The molecule has 0 aromatic heterocycles. The van der Waals surface area contributed by atoms with Gasteiger partial charge in [0.15, 0.2) is 0 Å². The molecule has 1 unspecified atom stereocenters. The Morgan fingerprint density at radius 3 is 2.27 bits per heavy atom. The van der Waals surface area contributed by atoms with Gasteiger partial charge in [0.1, 0.15) is 0 Å². The molecule has 0 bridgehead atoms. The number of hydrogen-bond acceptors (Lipinski definition) is 3. The smallest absolute Gasteiger partial charge is 0.239 e. The maximum Gasteiger partial charge on any atom is 0.239 e. The van der Waals surface area contributed by atoms with Gasteiger partial charge in [-0.15, -0.1) is 0 Å². The molecule has 0 radical (unpaired) electrons. The number of amides is 2. The molecule has 5 nitrogen and oxygen atoms in total. The monoisotopic (exact) mass is 353 g/mol. The standard InChI is InChI=1S/C21H27N3O2/c1-4-17(16-10-7-6-8-11-16)23-21(26)14-22-18-12-9-13-19(15(18)3)24-20(25)5-2/h6-13,17,22H,4-5,14H2,1-3H3,(H,23,26)(H,24,25). The summed E-state index contributed by atoms with van der Waals surface area (Å²) in [7, 11) is 0. The molecular weight excluding hydrogens is 326 g/mol. The summed E-state index contributed by atoms with van der Waals surface area (Å²) in [6.45, 7) is 5.96. The van der Waals surface area contributed by atoms with Crippen molar-refractivity contribution in [1.29, 1.82) is 0 Å². The zero-order chi connectivity index (χ0) is 18.9. The van der Waals surface area contributed by atoms with Crippen molar-refractivity contribution in [3.05, 3.63) is 59.7 Å². The Kier molecular flexibility index (Phi) is 7.21. The Balaban J connectivity index is 1.96. The minimum Gasteiger partial charge on any atom is -0.376 e. The second kappa shape index (κ2) is 9.61. The van der Waals surface area contributed by atoms with Crippen molar-refractivity contribution in [2.75, 3.05) is 17.2 Å². The van der Waals surface area contributed by atoms with E-state index in [2.05, 4.69) is 22.9 Å². The third kappa shape index (κ3) is 5.34. The van der Waals surface area contributed by atoms with Crippen LogP contribution in [0.1, 0.15) is 43.9 Å². The van der Waals surface area contributed by atoms with Gasteiger partial charge in [-0.2, -0.15) is 0 Å². The van der Waals surface area contributed by atoms with E-state index in [4.69, 9.17) is 0 Å². The van der Waals surface area contributed by atoms with Gasteiger partial charge >= 0.3 is 0 Å². The van der Waals surface area contributed by atoms with E-state index < -0.39 is 0 Å². The minimum absolute atomic E-state index is 0.00164. The van der Waals surface area contributed by atoms with Crippen LogP contribution in [-0.2, 0) is 9.59 Å². The second-order valence-corrected chi connectivity index (χ2v) is 6.17. The lowest BCUT2D eigenvalue weighted by molar-refractivity contribution is -0.120. The summed E-state index contributed by atoms with van der Waals surface area (Å²) >= 11 is 0. The number of hydrogen-bond donors (Lipinski definition) is 3. The quantitative estimate of drug-likeness (QED) is 0.671. The average molecular weight is 353 g/mol. The van der Waals surface area contributed by atoms with Gasteiger partial charge in [0.05, 0.1) is 12.6 Å². The van der Waals surface area contributed by atoms with Gasteiger partial charge in [0, 0.05) is 17.8 Å². The van der Waals surface area contributed by atoms with E-state index in [0.29, 0.717) is 6.42 Å². The Morgan fingerprint density at radius 1 is 0.923 bits per heavy atom. The second-order valence-electron chi connectivity index (χ2n) is 6.17. The van der Waals surface area contributed by atoms with Gasteiger partial charge in [-0.05, 0) is 36.6 Å². The van der Waals surface area contributed by atoms with Crippen molar-refractivity contribution >= 4 is 23.2 Å². The fraction of sp³-hybridized carbons (Fsp3) is 0.333. The summed E-state index contributed by atoms with van der Waals surface area (Å²) in [5, 5.41) is 9.09. The van der Waals surface area contributed by atoms with Crippen LogP contribution in [0.25, 0.3) is 0 Å². The first-order valence-corrected chi connectivity index (χ1v) is 9.02. The summed E-state index contributed by atoms with van der Waals surface area (Å²) in [6, 6.07) is 15.6. The molecule has 2 amide bonds. The third-order valence-corrected chi connectivity index (χ3v) is 4.31. The maximum absolute atomic E-state index is 12.3. The third-order valence-electron chi connectivity index (χ3n) is 4.31. The van der Waals surface area contributed by atoms with E-state index in [-0.39, 0.29) is 24.4 Å². The molecule has 0 aliphatic carbocycles. The van der Waals surface area contributed by atoms with Crippen LogP contribution in [0.5, 0.6) is 0 Å². The lowest BCUT2D eigenvalue weighted by atomic mass is 10.0. The zero-order valence-corrected chi connectivity index (χ0v) is 15.6. The molecule has 0 saturated carbocycles. The lowest BCUT2D eigenvalue weighted by Gasteiger charge is -2.18. The average Bonchev–Trinajstić information content (AvgIpc) is 2.67. The van der Waals surface area contributed by atoms with Crippen molar-refractivity contribution in [2.45, 2.75) is 39.7 Å². The molecule has 2 aromatic rings. The molecule has 0 aliphatic heterocycles. The predicted molar refractivity (Wildman–Crippen MR) is 106 cm³/mol. The molecule has 0 saturated heterocycles. The summed E-state index contributed by atoms with van der Waals surface area (Å²) in [6.07, 6.45) is 1.25. The first kappa shape index (κ1) is 19.5. The van der Waals surface area contributed by atoms with Crippen LogP contribution in [0.3, 0.4) is 0 Å². The van der Waals surface area contributed by atoms with Crippen LogP contribution in [0.4, 0.5) is 11.4 Å². The van der Waals surface area contributed by atoms with Crippen LogP contribution >= 0.6 is 0 Å². The van der Waals surface area contributed by atoms with Gasteiger partial charge in [-0.1, -0.05) is 50.2 Å². The topological polar surface area (TPSA) is 70.2 Å². The summed E-state index contributed by atoms with van der Waals surface area (Å²) in [5.74, 6) is -0.0975. The highest BCUT2D eigenvalue weighted by atomic mass is 16.2. The van der Waals surface area contributed by atoms with Gasteiger partial charge in [0.2, 0.25) is 11.8 Å². The number of anilines is 2. The Bertz CT molecular complexity index is 744. The van der Waals surface area contributed by atoms with Gasteiger partial charge in [-0.3, -0.25) is 9.59 Å². The number of benzene rings is 2. The highest BCUT2D eigenvalue weighted by Crippen LogP contribution is 2.23. The lowest BCUT2D eigenvalue weighted by Crippen LogP contribution is -2.33. The first-order chi connectivity index (χ1) is 12.5. The van der Waals surface area contributed by atoms with Crippen molar-refractivity contribution in [3.8, 4) is 0 Å². The molecule has 26 heavy (non-hydrogen) atoms. The Hall–Kier alpha value is -2.82. The molecule has 3 N–H and O–H groups in total. The summed E-state index contributed by atoms with van der Waals surface area (Å²) in [5.41, 5.74) is 3.61. The highest BCUT2D eigenvalue weighted by molar-refractivity contribution is 5.92. The number of nitrogens with one attached hydrogen (secondary N) is 3. The summed E-state index contributed by atoms with van der Waals surface area (Å²) < 4.78 is 0. The minimum atomic E-state index is -0.0666. The van der Waals surface area contributed by atoms with Crippen LogP contribution < -0.4 is 16.0 Å². The predicted octanol–water partition coefficient (Wildman–Crippen LogP) is 4.02. The fourth-order valence-corrected chi connectivity index (χ4v) is 2.73. The highest BCUT2D eigenvalue weighted by Gasteiger charge is 2.13. The van der Waals surface area contributed by atoms with Gasteiger partial charge in [-0.25, -0.2) is 0 Å². The number of carbonyl (C=O) groups excluding carboxylic acids is 2. The normalized spacial score (nSPS) is 11.5. The molecule has 2 aromatic carbocycles. The molecule has 0 aliphatic rings. The van der Waals surface area contributed by atoms with Crippen molar-refractivity contribution in [2.24, 2.45) is 0 Å². The van der Waals surface area contributed by atoms with Crippen molar-refractivity contribution < 1.29 is 9.59 Å². The Morgan fingerprint density at radius 2 is 1.62 bits per heavy atom. The van der Waals surface area contributed by atoms with E-state index in [1.807, 2.05) is 62.4 Å². The molecule has 0 fully saturated rings. The van der Waals surface area contributed by atoms with Crippen LogP contribution in [0, 0.1) is 6.92 Å². The molecular formula is C21H27N3O2. The molecule has 0 spiro atoms. The molecule has 138 valence electrons. The zero-order valence-electron chi connectivity index (χ0n) is 15.6. The molecule has 0 heterocycles. The SMILES string of the molecule is CCC(=O)Nc1cccc(NCC(=O)NC(CC)c2ccccc2)c1C. The Labute approximate surface area is 155 Å².